The molecular formula is C31H20BN3O. The number of aryl methyl sites for hydroxylation is 1. The van der Waals surface area contributed by atoms with Gasteiger partial charge in [-0.25, -0.2) is 0 Å². The van der Waals surface area contributed by atoms with Gasteiger partial charge in [-0.1, -0.05) is 30.3 Å². The normalized spacial score (nSPS) is 13.2. The van der Waals surface area contributed by atoms with E-state index < -0.39 is 0 Å². The number of aromatic nitrogens is 2. The highest BCUT2D eigenvalue weighted by molar-refractivity contribution is 6.99. The maximum absolute atomic E-state index is 6.64. The van der Waals surface area contributed by atoms with E-state index in [4.69, 9.17) is 4.74 Å². The van der Waals surface area contributed by atoms with E-state index in [-0.39, 0.29) is 6.71 Å². The minimum Gasteiger partial charge on any atom is -0.458 e. The molecule has 0 fully saturated rings. The molecular weight excluding hydrogens is 441 g/mol. The van der Waals surface area contributed by atoms with Gasteiger partial charge < -0.3 is 9.64 Å². The molecule has 2 aliphatic heterocycles. The van der Waals surface area contributed by atoms with Crippen LogP contribution in [0.2, 0.25) is 0 Å². The number of hydrogen-bond acceptors (Lipinski definition) is 4. The summed E-state index contributed by atoms with van der Waals surface area (Å²) < 4.78 is 6.64. The van der Waals surface area contributed by atoms with Crippen LogP contribution in [-0.2, 0) is 0 Å². The molecule has 2 aliphatic rings. The predicted octanol–water partition coefficient (Wildman–Crippen LogP) is 5.50. The summed E-state index contributed by atoms with van der Waals surface area (Å²) in [5.41, 5.74) is 8.31. The molecule has 0 aliphatic carbocycles. The molecule has 0 radical (unpaired) electrons. The molecule has 5 heteroatoms. The molecule has 4 heterocycles. The van der Waals surface area contributed by atoms with Crippen molar-refractivity contribution in [2.45, 2.75) is 6.92 Å². The zero-order valence-corrected chi connectivity index (χ0v) is 19.6. The van der Waals surface area contributed by atoms with E-state index in [1.807, 2.05) is 24.8 Å². The van der Waals surface area contributed by atoms with Crippen molar-refractivity contribution in [2.75, 3.05) is 4.90 Å². The van der Waals surface area contributed by atoms with E-state index in [1.165, 1.54) is 38.4 Å². The lowest BCUT2D eigenvalue weighted by molar-refractivity contribution is 0.488. The van der Waals surface area contributed by atoms with Crippen molar-refractivity contribution in [3.63, 3.8) is 0 Å². The number of ether oxygens (including phenoxy) is 1. The van der Waals surface area contributed by atoms with Crippen LogP contribution >= 0.6 is 0 Å². The Bertz CT molecular complexity index is 1850. The number of rotatable bonds is 1. The first kappa shape index (κ1) is 19.6. The topological polar surface area (TPSA) is 38.2 Å². The van der Waals surface area contributed by atoms with Gasteiger partial charge in [0.1, 0.15) is 11.5 Å². The van der Waals surface area contributed by atoms with E-state index in [1.54, 1.807) is 0 Å². The van der Waals surface area contributed by atoms with Crippen LogP contribution in [0, 0.1) is 6.92 Å². The number of hydrogen-bond donors (Lipinski definition) is 0. The quantitative estimate of drug-likeness (QED) is 0.303. The van der Waals surface area contributed by atoms with Gasteiger partial charge in [-0.3, -0.25) is 9.97 Å². The Labute approximate surface area is 208 Å². The molecule has 36 heavy (non-hydrogen) atoms. The van der Waals surface area contributed by atoms with Crippen molar-refractivity contribution in [1.82, 2.24) is 9.97 Å². The molecule has 0 spiro atoms. The minimum atomic E-state index is 0.0597. The second-order valence-electron chi connectivity index (χ2n) is 9.65. The van der Waals surface area contributed by atoms with Crippen LogP contribution in [0.25, 0.3) is 21.5 Å². The highest BCUT2D eigenvalue weighted by Gasteiger charge is 2.42. The van der Waals surface area contributed by atoms with Gasteiger partial charge >= 0.3 is 0 Å². The van der Waals surface area contributed by atoms with Crippen LogP contribution in [0.3, 0.4) is 0 Å². The first-order chi connectivity index (χ1) is 17.7. The van der Waals surface area contributed by atoms with Crippen molar-refractivity contribution >= 4 is 61.7 Å². The third-order valence-corrected chi connectivity index (χ3v) is 7.45. The molecule has 0 amide bonds. The van der Waals surface area contributed by atoms with Gasteiger partial charge in [0.2, 0.25) is 0 Å². The Hall–Kier alpha value is -4.64. The highest BCUT2D eigenvalue weighted by atomic mass is 16.5. The van der Waals surface area contributed by atoms with Crippen molar-refractivity contribution in [3.05, 3.63) is 109 Å². The Morgan fingerprint density at radius 3 is 2.17 bits per heavy atom. The number of pyridine rings is 2. The summed E-state index contributed by atoms with van der Waals surface area (Å²) in [5.74, 6) is 1.82. The predicted molar refractivity (Wildman–Crippen MR) is 148 cm³/mol. The second kappa shape index (κ2) is 7.19. The number of benzene rings is 4. The molecule has 168 valence electrons. The summed E-state index contributed by atoms with van der Waals surface area (Å²) in [5, 5.41) is 4.57. The van der Waals surface area contributed by atoms with Crippen LogP contribution in [0.1, 0.15) is 5.56 Å². The van der Waals surface area contributed by atoms with E-state index in [2.05, 4.69) is 101 Å². The number of para-hydroxylation sites is 1. The van der Waals surface area contributed by atoms with Gasteiger partial charge in [0.25, 0.3) is 6.71 Å². The Morgan fingerprint density at radius 2 is 1.39 bits per heavy atom. The first-order valence-electron chi connectivity index (χ1n) is 12.2. The molecule has 0 atom stereocenters. The van der Waals surface area contributed by atoms with Gasteiger partial charge in [-0.05, 0) is 88.2 Å². The number of fused-ring (bicyclic) bond motifs is 6. The smallest absolute Gasteiger partial charge is 0.256 e. The van der Waals surface area contributed by atoms with Crippen LogP contribution in [0.5, 0.6) is 11.5 Å². The van der Waals surface area contributed by atoms with Gasteiger partial charge in [-0.15, -0.1) is 0 Å². The van der Waals surface area contributed by atoms with E-state index in [9.17, 15) is 0 Å². The van der Waals surface area contributed by atoms with Crippen LogP contribution in [-0.4, -0.2) is 16.7 Å². The lowest BCUT2D eigenvalue weighted by Gasteiger charge is -2.40. The molecule has 0 saturated heterocycles. The third-order valence-electron chi connectivity index (χ3n) is 7.45. The Balaban J connectivity index is 1.51. The Morgan fingerprint density at radius 1 is 0.667 bits per heavy atom. The van der Waals surface area contributed by atoms with E-state index >= 15 is 0 Å². The van der Waals surface area contributed by atoms with Crippen molar-refractivity contribution in [2.24, 2.45) is 0 Å². The second-order valence-corrected chi connectivity index (χ2v) is 9.65. The molecule has 0 N–H and O–H groups in total. The summed E-state index contributed by atoms with van der Waals surface area (Å²) in [7, 11) is 0. The van der Waals surface area contributed by atoms with Crippen molar-refractivity contribution < 1.29 is 4.74 Å². The summed E-state index contributed by atoms with van der Waals surface area (Å²) in [6, 6.07) is 28.3. The number of anilines is 3. The first-order valence-corrected chi connectivity index (χ1v) is 12.2. The van der Waals surface area contributed by atoms with Crippen molar-refractivity contribution in [1.29, 1.82) is 0 Å². The lowest BCUT2D eigenvalue weighted by atomic mass is 9.34. The number of nitrogens with zero attached hydrogens (tertiary/aromatic N) is 3. The summed E-state index contributed by atoms with van der Waals surface area (Å²) >= 11 is 0. The molecule has 4 aromatic carbocycles. The van der Waals surface area contributed by atoms with Crippen LogP contribution < -0.4 is 26.0 Å². The lowest BCUT2D eigenvalue weighted by Crippen LogP contribution is -2.59. The molecule has 8 rings (SSSR count). The molecule has 0 bridgehead atoms. The zero-order chi connectivity index (χ0) is 23.8. The minimum absolute atomic E-state index is 0.0597. The van der Waals surface area contributed by atoms with E-state index in [0.717, 1.165) is 33.6 Å². The van der Waals surface area contributed by atoms with Gasteiger partial charge in [-0.2, -0.15) is 0 Å². The fourth-order valence-corrected chi connectivity index (χ4v) is 5.90. The average molecular weight is 461 g/mol. The molecule has 0 unspecified atom stereocenters. The highest BCUT2D eigenvalue weighted by Crippen LogP contribution is 2.42. The molecule has 6 aromatic rings. The maximum atomic E-state index is 6.64. The molecule has 4 nitrogen and oxygen atoms in total. The van der Waals surface area contributed by atoms with Crippen LogP contribution in [0.4, 0.5) is 17.1 Å². The summed E-state index contributed by atoms with van der Waals surface area (Å²) in [6.07, 6.45) is 7.58. The maximum Gasteiger partial charge on any atom is 0.256 e. The monoisotopic (exact) mass is 461 g/mol. The van der Waals surface area contributed by atoms with E-state index in [0.29, 0.717) is 0 Å². The zero-order valence-electron chi connectivity index (χ0n) is 19.6. The van der Waals surface area contributed by atoms with Crippen molar-refractivity contribution in [3.8, 4) is 11.5 Å². The standard InChI is InChI=1S/C31H20BN3O/c1-19-11-28-31-30(12-19)36-29-16-23-18-34-10-8-21(23)14-26(29)32(31)25-13-20-7-9-33-17-22(20)15-27(25)35(28)24-5-3-2-4-6-24/h2-18H,1H3. The molecule has 2 aromatic heterocycles. The summed E-state index contributed by atoms with van der Waals surface area (Å²) in [6.45, 7) is 2.20. The summed E-state index contributed by atoms with van der Waals surface area (Å²) in [4.78, 5) is 11.1. The van der Waals surface area contributed by atoms with Gasteiger partial charge in [0, 0.05) is 52.6 Å². The molecule has 0 saturated carbocycles. The largest absolute Gasteiger partial charge is 0.458 e. The Kier molecular flexibility index (Phi) is 3.92. The van der Waals surface area contributed by atoms with Gasteiger partial charge in [0.05, 0.1) is 0 Å². The van der Waals surface area contributed by atoms with Crippen LogP contribution in [0.15, 0.2) is 104 Å². The van der Waals surface area contributed by atoms with Gasteiger partial charge in [0.15, 0.2) is 0 Å². The average Bonchev–Trinajstić information content (AvgIpc) is 2.91. The fraction of sp³-hybridized carbons (Fsp3) is 0.0323. The SMILES string of the molecule is Cc1cc2c3c(c1)N(c1ccccc1)c1cc4cnccc4cc1B3c1cc3ccncc3cc1O2. The third kappa shape index (κ3) is 2.71. The fourth-order valence-electron chi connectivity index (χ4n) is 5.90.